The number of pyridine rings is 1. The average molecular weight is 270 g/mol. The van der Waals surface area contributed by atoms with E-state index in [9.17, 15) is 0 Å². The van der Waals surface area contributed by atoms with Gasteiger partial charge in [0.15, 0.2) is 0 Å². The Hall–Kier alpha value is -0.370. The van der Waals surface area contributed by atoms with Gasteiger partial charge in [0.05, 0.1) is 5.69 Å². The van der Waals surface area contributed by atoms with Crippen molar-refractivity contribution >= 4 is 15.9 Å². The van der Waals surface area contributed by atoms with Crippen LogP contribution in [0.2, 0.25) is 0 Å². The summed E-state index contributed by atoms with van der Waals surface area (Å²) >= 11 is 3.44. The number of rotatable bonds is 2. The highest BCUT2D eigenvalue weighted by atomic mass is 79.9. The maximum absolute atomic E-state index is 4.61. The van der Waals surface area contributed by atoms with E-state index in [1.54, 1.807) is 0 Å². The van der Waals surface area contributed by atoms with Gasteiger partial charge >= 0.3 is 0 Å². The monoisotopic (exact) mass is 269 g/mol. The van der Waals surface area contributed by atoms with Gasteiger partial charge in [-0.25, -0.2) is 4.98 Å². The zero-order valence-corrected chi connectivity index (χ0v) is 11.9. The number of hydrogen-bond acceptors (Lipinski definition) is 1. The molecule has 0 saturated heterocycles. The topological polar surface area (TPSA) is 12.9 Å². The highest BCUT2D eigenvalue weighted by Crippen LogP contribution is 2.27. The van der Waals surface area contributed by atoms with Gasteiger partial charge in [-0.1, -0.05) is 40.7 Å². The van der Waals surface area contributed by atoms with E-state index in [1.807, 2.05) is 6.07 Å². The van der Waals surface area contributed by atoms with Gasteiger partial charge in [-0.15, -0.1) is 0 Å². The Morgan fingerprint density at radius 2 is 1.87 bits per heavy atom. The fourth-order valence-electron chi connectivity index (χ4n) is 1.72. The van der Waals surface area contributed by atoms with E-state index in [1.165, 1.54) is 11.3 Å². The predicted octanol–water partition coefficient (Wildman–Crippen LogP) is 4.34. The van der Waals surface area contributed by atoms with E-state index in [2.05, 4.69) is 61.6 Å². The maximum atomic E-state index is 4.61. The molecule has 84 valence electrons. The van der Waals surface area contributed by atoms with Crippen molar-refractivity contribution in [3.63, 3.8) is 0 Å². The van der Waals surface area contributed by atoms with E-state index < -0.39 is 0 Å². The van der Waals surface area contributed by atoms with Crippen LogP contribution in [0.15, 0.2) is 16.7 Å². The zero-order chi connectivity index (χ0) is 11.6. The summed E-state index contributed by atoms with van der Waals surface area (Å²) in [7, 11) is 0. The molecule has 0 aliphatic rings. The molecule has 0 aliphatic carbocycles. The lowest BCUT2D eigenvalue weighted by Gasteiger charge is -2.22. The Balaban J connectivity index is 3.15. The lowest BCUT2D eigenvalue weighted by atomic mass is 9.86. The van der Waals surface area contributed by atoms with Crippen molar-refractivity contribution in [1.29, 1.82) is 0 Å². The highest BCUT2D eigenvalue weighted by Gasteiger charge is 2.20. The largest absolute Gasteiger partial charge is 0.245 e. The van der Waals surface area contributed by atoms with Crippen molar-refractivity contribution in [3.8, 4) is 0 Å². The molecule has 0 spiro atoms. The maximum Gasteiger partial charge on any atom is 0.106 e. The van der Waals surface area contributed by atoms with E-state index in [-0.39, 0.29) is 5.41 Å². The predicted molar refractivity (Wildman–Crippen MR) is 69.2 cm³/mol. The van der Waals surface area contributed by atoms with Gasteiger partial charge in [-0.3, -0.25) is 0 Å². The molecule has 0 N–H and O–H groups in total. The summed E-state index contributed by atoms with van der Waals surface area (Å²) in [6.07, 6.45) is 1.10. The Bertz CT molecular complexity index is 337. The Kier molecular flexibility index (Phi) is 3.93. The van der Waals surface area contributed by atoms with Gasteiger partial charge in [-0.05, 0) is 39.9 Å². The minimum Gasteiger partial charge on any atom is -0.245 e. The zero-order valence-electron chi connectivity index (χ0n) is 10.3. The van der Waals surface area contributed by atoms with Crippen molar-refractivity contribution in [2.24, 2.45) is 5.92 Å². The van der Waals surface area contributed by atoms with Gasteiger partial charge in [0, 0.05) is 5.41 Å². The van der Waals surface area contributed by atoms with Crippen molar-refractivity contribution in [3.05, 3.63) is 28.0 Å². The smallest absolute Gasteiger partial charge is 0.106 e. The van der Waals surface area contributed by atoms with Crippen LogP contribution in [0, 0.1) is 5.92 Å². The molecule has 0 bridgehead atoms. The molecule has 0 unspecified atom stereocenters. The Morgan fingerprint density at radius 1 is 1.27 bits per heavy atom. The Morgan fingerprint density at radius 3 is 2.33 bits per heavy atom. The first-order valence-corrected chi connectivity index (χ1v) is 6.26. The molecule has 0 atom stereocenters. The van der Waals surface area contributed by atoms with Crippen LogP contribution in [0.4, 0.5) is 0 Å². The SMILES string of the molecule is CC(C)Cc1ccc(Br)nc1C(C)(C)C. The quantitative estimate of drug-likeness (QED) is 0.728. The average Bonchev–Trinajstić information content (AvgIpc) is 2.05. The minimum atomic E-state index is 0.119. The van der Waals surface area contributed by atoms with Crippen LogP contribution >= 0.6 is 15.9 Å². The van der Waals surface area contributed by atoms with Gasteiger partial charge in [0.2, 0.25) is 0 Å². The minimum absolute atomic E-state index is 0.119. The summed E-state index contributed by atoms with van der Waals surface area (Å²) in [6.45, 7) is 11.1. The molecule has 0 aromatic carbocycles. The first kappa shape index (κ1) is 12.7. The molecule has 1 aromatic heterocycles. The van der Waals surface area contributed by atoms with Gasteiger partial charge < -0.3 is 0 Å². The van der Waals surface area contributed by atoms with Crippen LogP contribution < -0.4 is 0 Å². The summed E-state index contributed by atoms with van der Waals surface area (Å²) in [5.74, 6) is 0.675. The van der Waals surface area contributed by atoms with Gasteiger partial charge in [0.25, 0.3) is 0 Å². The third kappa shape index (κ3) is 3.60. The van der Waals surface area contributed by atoms with Crippen molar-refractivity contribution < 1.29 is 0 Å². The fraction of sp³-hybridized carbons (Fsp3) is 0.615. The van der Waals surface area contributed by atoms with E-state index >= 15 is 0 Å². The third-order valence-corrected chi connectivity index (χ3v) is 2.73. The number of aromatic nitrogens is 1. The van der Waals surface area contributed by atoms with E-state index in [0.29, 0.717) is 5.92 Å². The first-order valence-electron chi connectivity index (χ1n) is 5.46. The standard InChI is InChI=1S/C13H20BrN/c1-9(2)8-10-6-7-11(14)15-12(10)13(3,4)5/h6-7,9H,8H2,1-5H3. The number of halogens is 1. The molecule has 1 aromatic rings. The second kappa shape index (κ2) is 4.65. The van der Waals surface area contributed by atoms with Crippen LogP contribution in [0.5, 0.6) is 0 Å². The molecule has 0 radical (unpaired) electrons. The molecule has 0 aliphatic heterocycles. The van der Waals surface area contributed by atoms with Gasteiger partial charge in [-0.2, -0.15) is 0 Å². The van der Waals surface area contributed by atoms with Crippen LogP contribution in [0.25, 0.3) is 0 Å². The molecule has 0 fully saturated rings. The molecule has 0 amide bonds. The lowest BCUT2D eigenvalue weighted by molar-refractivity contribution is 0.545. The van der Waals surface area contributed by atoms with Crippen molar-refractivity contribution in [2.45, 2.75) is 46.5 Å². The van der Waals surface area contributed by atoms with Crippen molar-refractivity contribution in [2.75, 3.05) is 0 Å². The molecule has 0 saturated carbocycles. The molecular weight excluding hydrogens is 250 g/mol. The molecular formula is C13H20BrN. The third-order valence-electron chi connectivity index (χ3n) is 2.28. The second-order valence-corrected chi connectivity index (χ2v) is 6.30. The summed E-state index contributed by atoms with van der Waals surface area (Å²) in [6, 6.07) is 4.23. The molecule has 1 heterocycles. The molecule has 2 heteroatoms. The van der Waals surface area contributed by atoms with Crippen LogP contribution in [-0.2, 0) is 11.8 Å². The van der Waals surface area contributed by atoms with E-state index in [0.717, 1.165) is 11.0 Å². The molecule has 1 rings (SSSR count). The second-order valence-electron chi connectivity index (χ2n) is 5.49. The number of hydrogen-bond donors (Lipinski definition) is 0. The Labute approximate surface area is 101 Å². The van der Waals surface area contributed by atoms with Crippen LogP contribution in [-0.4, -0.2) is 4.98 Å². The lowest BCUT2D eigenvalue weighted by Crippen LogP contribution is -2.17. The summed E-state index contributed by atoms with van der Waals surface area (Å²) in [5, 5.41) is 0. The van der Waals surface area contributed by atoms with Gasteiger partial charge in [0.1, 0.15) is 4.60 Å². The summed E-state index contributed by atoms with van der Waals surface area (Å²) in [5.41, 5.74) is 2.71. The normalized spacial score (nSPS) is 12.2. The summed E-state index contributed by atoms with van der Waals surface area (Å²) in [4.78, 5) is 4.61. The van der Waals surface area contributed by atoms with Crippen LogP contribution in [0.3, 0.4) is 0 Å². The van der Waals surface area contributed by atoms with E-state index in [4.69, 9.17) is 0 Å². The molecule has 15 heavy (non-hydrogen) atoms. The highest BCUT2D eigenvalue weighted by molar-refractivity contribution is 9.10. The first-order chi connectivity index (χ1) is 6.80. The molecule has 1 nitrogen and oxygen atoms in total. The fourth-order valence-corrected chi connectivity index (χ4v) is 2.03. The van der Waals surface area contributed by atoms with Crippen molar-refractivity contribution in [1.82, 2.24) is 4.98 Å². The van der Waals surface area contributed by atoms with Crippen LogP contribution in [0.1, 0.15) is 45.9 Å². The number of nitrogens with zero attached hydrogens (tertiary/aromatic N) is 1. The summed E-state index contributed by atoms with van der Waals surface area (Å²) < 4.78 is 0.930.